The fraction of sp³-hybridized carbons (Fsp3) is 0. The van der Waals surface area contributed by atoms with E-state index in [4.69, 9.17) is 15.1 Å². The SMILES string of the molecule is c1ccc(-c2ccc(-c3ccc(-c4cc(-c5ccc(-c6c(-c7ccccc7)n7nc(-c8ccccc8)c(-c8ccccc8)c7c7ccccc67)cc5)nc(-c5ccccc5)n4)cc3)cc2)cc1. The predicted molar refractivity (Wildman–Crippen MR) is 277 cm³/mol. The van der Waals surface area contributed by atoms with Crippen molar-refractivity contribution < 1.29 is 0 Å². The highest BCUT2D eigenvalue weighted by molar-refractivity contribution is 6.15. The maximum Gasteiger partial charge on any atom is 0.160 e. The monoisotopic (exact) mass is 854 g/mol. The van der Waals surface area contributed by atoms with Gasteiger partial charge in [0.2, 0.25) is 0 Å². The van der Waals surface area contributed by atoms with E-state index in [0.717, 1.165) is 94.7 Å². The highest BCUT2D eigenvalue weighted by Gasteiger charge is 2.25. The fourth-order valence-corrected chi connectivity index (χ4v) is 9.39. The molecule has 0 aliphatic carbocycles. The minimum absolute atomic E-state index is 0.683. The van der Waals surface area contributed by atoms with Crippen molar-refractivity contribution in [3.8, 4) is 101 Å². The molecule has 0 N–H and O–H groups in total. The summed E-state index contributed by atoms with van der Waals surface area (Å²) in [6, 6.07) is 89.8. The molecule has 4 nitrogen and oxygen atoms in total. The summed E-state index contributed by atoms with van der Waals surface area (Å²) < 4.78 is 2.19. The quantitative estimate of drug-likeness (QED) is 0.145. The van der Waals surface area contributed by atoms with Crippen molar-refractivity contribution in [1.82, 2.24) is 19.6 Å². The first-order chi connectivity index (χ1) is 33.2. The normalized spacial score (nSPS) is 11.3. The third-order valence-electron chi connectivity index (χ3n) is 12.7. The van der Waals surface area contributed by atoms with Gasteiger partial charge in [-0.2, -0.15) is 5.10 Å². The second-order valence-corrected chi connectivity index (χ2v) is 16.8. The standard InChI is InChI=1S/C63H42N4/c1-6-18-43(19-7-1)44-30-32-45(33-31-44)46-34-36-47(37-35-46)56-42-57(65-63(64-56)53-26-14-5-15-27-53)48-38-40-50(41-39-48)58-54-28-16-17-29-55(54)62-59(49-20-8-2-9-21-49)60(51-22-10-3-11-23-51)66-67(62)61(58)52-24-12-4-13-25-52/h1-42H. The zero-order valence-electron chi connectivity index (χ0n) is 36.5. The van der Waals surface area contributed by atoms with Gasteiger partial charge in [0.05, 0.1) is 22.6 Å². The van der Waals surface area contributed by atoms with Crippen molar-refractivity contribution in [2.45, 2.75) is 0 Å². The Labute approximate surface area is 389 Å². The van der Waals surface area contributed by atoms with Gasteiger partial charge >= 0.3 is 0 Å². The van der Waals surface area contributed by atoms with Gasteiger partial charge in [-0.25, -0.2) is 14.5 Å². The summed E-state index contributed by atoms with van der Waals surface area (Å²) in [4.78, 5) is 10.4. The summed E-state index contributed by atoms with van der Waals surface area (Å²) in [6.07, 6.45) is 0. The largest absolute Gasteiger partial charge is 0.231 e. The molecule has 4 heteroatoms. The molecule has 0 aliphatic rings. The van der Waals surface area contributed by atoms with Gasteiger partial charge in [0.1, 0.15) is 5.69 Å². The van der Waals surface area contributed by atoms with Gasteiger partial charge in [-0.1, -0.05) is 249 Å². The average Bonchev–Trinajstić information content (AvgIpc) is 3.83. The van der Waals surface area contributed by atoms with Crippen molar-refractivity contribution in [2.24, 2.45) is 0 Å². The Kier molecular flexibility index (Phi) is 10.2. The van der Waals surface area contributed by atoms with Crippen molar-refractivity contribution in [1.29, 1.82) is 0 Å². The molecular formula is C63H42N4. The lowest BCUT2D eigenvalue weighted by Crippen LogP contribution is -2.00. The van der Waals surface area contributed by atoms with E-state index in [1.165, 1.54) is 16.7 Å². The molecule has 0 aliphatic heterocycles. The summed E-state index contributed by atoms with van der Waals surface area (Å²) in [5.74, 6) is 0.683. The highest BCUT2D eigenvalue weighted by Crippen LogP contribution is 2.46. The Bertz CT molecular complexity index is 3660. The van der Waals surface area contributed by atoms with Crippen LogP contribution in [0, 0.1) is 0 Å². The van der Waals surface area contributed by atoms with Crippen LogP contribution in [0.3, 0.4) is 0 Å². The Morgan fingerprint density at radius 1 is 0.269 bits per heavy atom. The van der Waals surface area contributed by atoms with Crippen LogP contribution in [0.15, 0.2) is 255 Å². The number of benzene rings is 9. The van der Waals surface area contributed by atoms with Crippen LogP contribution in [0.1, 0.15) is 0 Å². The Morgan fingerprint density at radius 3 is 1.13 bits per heavy atom. The molecule has 12 rings (SSSR count). The molecule has 3 heterocycles. The van der Waals surface area contributed by atoms with E-state index in [2.05, 4.69) is 235 Å². The molecule has 12 aromatic rings. The zero-order chi connectivity index (χ0) is 44.5. The van der Waals surface area contributed by atoms with Gasteiger partial charge < -0.3 is 0 Å². The number of fused-ring (bicyclic) bond motifs is 3. The number of pyridine rings is 1. The summed E-state index contributed by atoms with van der Waals surface area (Å²) in [6.45, 7) is 0. The third-order valence-corrected chi connectivity index (χ3v) is 12.7. The van der Waals surface area contributed by atoms with Crippen molar-refractivity contribution in [3.05, 3.63) is 255 Å². The Morgan fingerprint density at radius 2 is 0.627 bits per heavy atom. The first kappa shape index (κ1) is 39.6. The molecule has 0 bridgehead atoms. The second-order valence-electron chi connectivity index (χ2n) is 16.8. The topological polar surface area (TPSA) is 43.1 Å². The number of hydrogen-bond acceptors (Lipinski definition) is 3. The molecule has 0 saturated heterocycles. The van der Waals surface area contributed by atoms with Gasteiger partial charge in [-0.3, -0.25) is 0 Å². The van der Waals surface area contributed by atoms with Crippen LogP contribution in [0.5, 0.6) is 0 Å². The minimum atomic E-state index is 0.683. The lowest BCUT2D eigenvalue weighted by molar-refractivity contribution is 0.981. The van der Waals surface area contributed by atoms with Gasteiger partial charge in [0.15, 0.2) is 5.82 Å². The second kappa shape index (κ2) is 17.2. The van der Waals surface area contributed by atoms with E-state index in [0.29, 0.717) is 5.82 Å². The molecule has 67 heavy (non-hydrogen) atoms. The molecule has 0 atom stereocenters. The molecule has 0 amide bonds. The van der Waals surface area contributed by atoms with E-state index in [9.17, 15) is 0 Å². The first-order valence-corrected chi connectivity index (χ1v) is 22.7. The minimum Gasteiger partial charge on any atom is -0.231 e. The summed E-state index contributed by atoms with van der Waals surface area (Å²) in [7, 11) is 0. The molecular weight excluding hydrogens is 813 g/mol. The molecule has 9 aromatic carbocycles. The zero-order valence-corrected chi connectivity index (χ0v) is 36.5. The van der Waals surface area contributed by atoms with Gasteiger partial charge in [-0.15, -0.1) is 0 Å². The van der Waals surface area contributed by atoms with Crippen LogP contribution in [0.2, 0.25) is 0 Å². The molecule has 0 fully saturated rings. The fourth-order valence-electron chi connectivity index (χ4n) is 9.39. The smallest absolute Gasteiger partial charge is 0.160 e. The van der Waals surface area contributed by atoms with Gasteiger partial charge in [0, 0.05) is 44.3 Å². The first-order valence-electron chi connectivity index (χ1n) is 22.7. The van der Waals surface area contributed by atoms with Crippen molar-refractivity contribution in [3.63, 3.8) is 0 Å². The molecule has 314 valence electrons. The molecule has 0 saturated carbocycles. The highest BCUT2D eigenvalue weighted by atomic mass is 15.2. The van der Waals surface area contributed by atoms with Crippen LogP contribution < -0.4 is 0 Å². The van der Waals surface area contributed by atoms with Crippen LogP contribution in [0.25, 0.3) is 117 Å². The lowest BCUT2D eigenvalue weighted by atomic mass is 9.91. The summed E-state index contributed by atoms with van der Waals surface area (Å²) in [5.41, 5.74) is 19.1. The maximum absolute atomic E-state index is 5.55. The van der Waals surface area contributed by atoms with Crippen LogP contribution in [0.4, 0.5) is 0 Å². The van der Waals surface area contributed by atoms with Crippen molar-refractivity contribution in [2.75, 3.05) is 0 Å². The molecule has 3 aromatic heterocycles. The molecule has 0 unspecified atom stereocenters. The van der Waals surface area contributed by atoms with E-state index in [1.54, 1.807) is 0 Å². The van der Waals surface area contributed by atoms with E-state index < -0.39 is 0 Å². The molecule has 0 spiro atoms. The van der Waals surface area contributed by atoms with Crippen molar-refractivity contribution >= 4 is 16.3 Å². The number of nitrogens with zero attached hydrogens (tertiary/aromatic N) is 4. The van der Waals surface area contributed by atoms with Gasteiger partial charge in [0.25, 0.3) is 0 Å². The van der Waals surface area contributed by atoms with Crippen LogP contribution in [-0.4, -0.2) is 19.6 Å². The van der Waals surface area contributed by atoms with E-state index in [1.807, 2.05) is 24.3 Å². The number of hydrogen-bond donors (Lipinski definition) is 0. The van der Waals surface area contributed by atoms with Gasteiger partial charge in [-0.05, 0) is 44.8 Å². The van der Waals surface area contributed by atoms with E-state index >= 15 is 0 Å². The third kappa shape index (κ3) is 7.47. The Hall–Kier alpha value is -8.99. The predicted octanol–water partition coefficient (Wildman–Crippen LogP) is 16.3. The lowest BCUT2D eigenvalue weighted by Gasteiger charge is -2.18. The van der Waals surface area contributed by atoms with Crippen LogP contribution >= 0.6 is 0 Å². The van der Waals surface area contributed by atoms with E-state index in [-0.39, 0.29) is 0 Å². The number of aromatic nitrogens is 4. The average molecular weight is 855 g/mol. The maximum atomic E-state index is 5.55. The Balaban J connectivity index is 0.986. The number of rotatable bonds is 9. The molecule has 0 radical (unpaired) electrons. The summed E-state index contributed by atoms with van der Waals surface area (Å²) >= 11 is 0. The summed E-state index contributed by atoms with van der Waals surface area (Å²) in [5, 5.41) is 7.85. The van der Waals surface area contributed by atoms with Crippen LogP contribution in [-0.2, 0) is 0 Å².